The molecule has 0 aliphatic rings. The van der Waals surface area contributed by atoms with Crippen molar-refractivity contribution in [3.63, 3.8) is 0 Å². The maximum atomic E-state index is 13.3. The zero-order chi connectivity index (χ0) is 24.4. The number of carbonyl (C=O) groups excluding carboxylic acids is 2. The fourth-order valence-corrected chi connectivity index (χ4v) is 9.33. The topological polar surface area (TPSA) is 61.8 Å². The molecule has 15 heteroatoms. The zero-order valence-corrected chi connectivity index (χ0v) is 18.9. The summed E-state index contributed by atoms with van der Waals surface area (Å²) in [6, 6.07) is 0. The summed E-state index contributed by atoms with van der Waals surface area (Å²) in [5.74, 6) is -22.5. The van der Waals surface area contributed by atoms with E-state index in [1.54, 1.807) is 13.1 Å². The second kappa shape index (κ2) is 8.94. The molecule has 0 N–H and O–H groups in total. The van der Waals surface area contributed by atoms with Gasteiger partial charge in [0.1, 0.15) is 6.23 Å². The molecule has 0 aliphatic carbocycles. The van der Waals surface area contributed by atoms with Crippen LogP contribution in [-0.2, 0) is 23.2 Å². The van der Waals surface area contributed by atoms with Crippen LogP contribution in [0, 0.1) is 0 Å². The van der Waals surface area contributed by atoms with Crippen molar-refractivity contribution in [2.24, 2.45) is 0 Å². The van der Waals surface area contributed by atoms with Crippen molar-refractivity contribution in [3.8, 4) is 0 Å². The normalized spacial score (nSPS) is 14.7. The Bertz CT molecular complexity index is 669. The van der Waals surface area contributed by atoms with Crippen molar-refractivity contribution in [2.75, 3.05) is 6.23 Å². The molecule has 0 amide bonds. The first-order chi connectivity index (χ1) is 13.0. The minimum atomic E-state index is -6.74. The van der Waals surface area contributed by atoms with E-state index in [9.17, 15) is 44.7 Å². The number of halogens is 8. The van der Waals surface area contributed by atoms with E-state index < -0.39 is 59.4 Å². The Labute approximate surface area is 169 Å². The predicted octanol–water partition coefficient (Wildman–Crippen LogP) is 4.74. The molecule has 0 saturated carbocycles. The van der Waals surface area contributed by atoms with Gasteiger partial charge < -0.3 is 13.6 Å². The molecule has 0 fully saturated rings. The van der Waals surface area contributed by atoms with E-state index in [0.29, 0.717) is 0 Å². The molecule has 0 spiro atoms. The third kappa shape index (κ3) is 7.65. The first-order valence-corrected chi connectivity index (χ1v) is 14.8. The second-order valence-electron chi connectivity index (χ2n) is 7.89. The molecule has 0 unspecified atom stereocenters. The van der Waals surface area contributed by atoms with E-state index >= 15 is 0 Å². The summed E-state index contributed by atoms with van der Waals surface area (Å²) < 4.78 is 118. The average Bonchev–Trinajstić information content (AvgIpc) is 2.46. The Morgan fingerprint density at radius 2 is 1.23 bits per heavy atom. The molecule has 0 heterocycles. The molecule has 0 bridgehead atoms. The molecule has 0 atom stereocenters. The lowest BCUT2D eigenvalue weighted by molar-refractivity contribution is -0.413. The third-order valence-corrected chi connectivity index (χ3v) is 8.54. The smallest absolute Gasteiger partial charge is 0.463 e. The monoisotopic (exact) mass is 490 g/mol. The molecule has 30 heavy (non-hydrogen) atoms. The van der Waals surface area contributed by atoms with Crippen LogP contribution in [0.5, 0.6) is 0 Å². The van der Waals surface area contributed by atoms with Crippen molar-refractivity contribution in [2.45, 2.75) is 63.5 Å². The Balaban J connectivity index is 5.07. The van der Waals surface area contributed by atoms with E-state index in [1.165, 1.54) is 0 Å². The third-order valence-electron chi connectivity index (χ3n) is 3.04. The van der Waals surface area contributed by atoms with Gasteiger partial charge in [0.25, 0.3) is 0 Å². The Hall–Kier alpha value is -1.49. The van der Waals surface area contributed by atoms with Crippen LogP contribution in [0.4, 0.5) is 35.1 Å². The molecule has 5 nitrogen and oxygen atoms in total. The highest BCUT2D eigenvalue weighted by Crippen LogP contribution is 2.52. The molecular weight excluding hydrogens is 468 g/mol. The zero-order valence-electron chi connectivity index (χ0n) is 16.9. The average molecular weight is 490 g/mol. The lowest BCUT2D eigenvalue weighted by atomic mass is 10.1. The standard InChI is InChI=1S/C15H22F8O5Si2/c1-12(16,17)13(18,19)14(20,21)15(22,23)27-11(25)8-7-10(24)26-9-30(5,6)28-29(2,3)4/h7-8H,9H2,1-6H3. The molecule has 0 rings (SSSR count). The summed E-state index contributed by atoms with van der Waals surface area (Å²) >= 11 is 0. The van der Waals surface area contributed by atoms with Crippen LogP contribution in [0.25, 0.3) is 0 Å². The van der Waals surface area contributed by atoms with Gasteiger partial charge in [-0.1, -0.05) is 0 Å². The van der Waals surface area contributed by atoms with E-state index in [0.717, 1.165) is 0 Å². The second-order valence-corrected chi connectivity index (χ2v) is 16.7. The number of ether oxygens (including phenoxy) is 2. The molecular formula is C15H22F8O5Si2. The van der Waals surface area contributed by atoms with Crippen LogP contribution in [0.3, 0.4) is 0 Å². The summed E-state index contributed by atoms with van der Waals surface area (Å²) in [5, 5.41) is 0. The van der Waals surface area contributed by atoms with Gasteiger partial charge in [-0.2, -0.15) is 35.1 Å². The quantitative estimate of drug-likeness (QED) is 0.192. The number of hydrogen-bond donors (Lipinski definition) is 0. The molecule has 0 saturated heterocycles. The summed E-state index contributed by atoms with van der Waals surface area (Å²) in [6.07, 6.45) is -6.37. The van der Waals surface area contributed by atoms with Gasteiger partial charge in [-0.15, -0.1) is 0 Å². The van der Waals surface area contributed by atoms with E-state index in [4.69, 9.17) is 8.85 Å². The number of carbonyl (C=O) groups is 2. The highest BCUT2D eigenvalue weighted by Gasteiger charge is 2.81. The Morgan fingerprint density at radius 3 is 1.63 bits per heavy atom. The largest absolute Gasteiger partial charge is 0.473 e. The van der Waals surface area contributed by atoms with Crippen LogP contribution in [0.2, 0.25) is 32.7 Å². The predicted molar refractivity (Wildman–Crippen MR) is 93.6 cm³/mol. The summed E-state index contributed by atoms with van der Waals surface area (Å²) in [6.45, 7) is 8.37. The van der Waals surface area contributed by atoms with E-state index in [1.807, 2.05) is 19.6 Å². The maximum absolute atomic E-state index is 13.3. The van der Waals surface area contributed by atoms with Gasteiger partial charge in [-0.25, -0.2) is 9.59 Å². The Morgan fingerprint density at radius 1 is 0.800 bits per heavy atom. The van der Waals surface area contributed by atoms with Crippen molar-refractivity contribution in [1.29, 1.82) is 0 Å². The summed E-state index contributed by atoms with van der Waals surface area (Å²) in [4.78, 5) is 22.7. The first-order valence-electron chi connectivity index (χ1n) is 8.24. The van der Waals surface area contributed by atoms with Crippen LogP contribution in [-0.4, -0.2) is 58.7 Å². The summed E-state index contributed by atoms with van der Waals surface area (Å²) in [5.41, 5.74) is 0. The van der Waals surface area contributed by atoms with Crippen LogP contribution in [0.1, 0.15) is 6.92 Å². The molecule has 0 aromatic rings. The van der Waals surface area contributed by atoms with Crippen molar-refractivity contribution in [3.05, 3.63) is 12.2 Å². The SMILES string of the molecule is CC(F)(F)C(F)(F)C(F)(F)C(F)(F)OC(=O)C=CC(=O)OC[Si](C)(C)O[Si](C)(C)C. The highest BCUT2D eigenvalue weighted by molar-refractivity contribution is 6.84. The summed E-state index contributed by atoms with van der Waals surface area (Å²) in [7, 11) is -4.43. The van der Waals surface area contributed by atoms with E-state index in [-0.39, 0.29) is 18.4 Å². The lowest BCUT2D eigenvalue weighted by Gasteiger charge is -2.34. The van der Waals surface area contributed by atoms with E-state index in [2.05, 4.69) is 4.74 Å². The van der Waals surface area contributed by atoms with Gasteiger partial charge in [0, 0.05) is 19.1 Å². The van der Waals surface area contributed by atoms with Gasteiger partial charge >= 0.3 is 35.8 Å². The highest BCUT2D eigenvalue weighted by atomic mass is 28.4. The fraction of sp³-hybridized carbons (Fsp3) is 0.733. The van der Waals surface area contributed by atoms with Crippen molar-refractivity contribution in [1.82, 2.24) is 0 Å². The van der Waals surface area contributed by atoms with Gasteiger partial charge in [0.15, 0.2) is 8.32 Å². The van der Waals surface area contributed by atoms with Gasteiger partial charge in [-0.05, 0) is 32.7 Å². The number of rotatable bonds is 10. The first kappa shape index (κ1) is 28.5. The number of hydrogen-bond acceptors (Lipinski definition) is 5. The van der Waals surface area contributed by atoms with Gasteiger partial charge in [0.2, 0.25) is 8.32 Å². The number of alkyl halides is 8. The van der Waals surface area contributed by atoms with Crippen LogP contribution < -0.4 is 0 Å². The van der Waals surface area contributed by atoms with Crippen molar-refractivity contribution >= 4 is 28.6 Å². The molecule has 176 valence electrons. The minimum Gasteiger partial charge on any atom is -0.463 e. The van der Waals surface area contributed by atoms with Crippen LogP contribution >= 0.6 is 0 Å². The van der Waals surface area contributed by atoms with Gasteiger partial charge in [-0.3, -0.25) is 0 Å². The maximum Gasteiger partial charge on any atom is 0.473 e. The fourth-order valence-electron chi connectivity index (χ4n) is 1.97. The molecule has 0 aromatic carbocycles. The van der Waals surface area contributed by atoms with Crippen LogP contribution in [0.15, 0.2) is 12.2 Å². The molecule has 0 radical (unpaired) electrons. The Kier molecular flexibility index (Phi) is 8.50. The molecule has 0 aromatic heterocycles. The lowest BCUT2D eigenvalue weighted by Crippen LogP contribution is -2.62. The molecule has 0 aliphatic heterocycles. The number of esters is 2. The van der Waals surface area contributed by atoms with Crippen molar-refractivity contribution < 1.29 is 58.3 Å². The van der Waals surface area contributed by atoms with Gasteiger partial charge in [0.05, 0.1) is 0 Å². The minimum absolute atomic E-state index is 0.0948.